The fourth-order valence-electron chi connectivity index (χ4n) is 2.76. The second-order valence-corrected chi connectivity index (χ2v) is 6.11. The molecule has 1 fully saturated rings. The van der Waals surface area contributed by atoms with E-state index in [1.54, 1.807) is 17.0 Å². The summed E-state index contributed by atoms with van der Waals surface area (Å²) in [4.78, 5) is 25.3. The quantitative estimate of drug-likeness (QED) is 0.830. The van der Waals surface area contributed by atoms with Crippen molar-refractivity contribution < 1.29 is 18.7 Å². The maximum Gasteiger partial charge on any atom is 0.318 e. The Balaban J connectivity index is 1.43. The predicted octanol–water partition coefficient (Wildman–Crippen LogP) is 2.17. The summed E-state index contributed by atoms with van der Waals surface area (Å²) in [7, 11) is 1.54. The van der Waals surface area contributed by atoms with Gasteiger partial charge in [0.15, 0.2) is 5.76 Å². The first-order valence-electron chi connectivity index (χ1n) is 8.68. The Morgan fingerprint density at radius 2 is 2.00 bits per heavy atom. The minimum absolute atomic E-state index is 0.0110. The van der Waals surface area contributed by atoms with Crippen LogP contribution in [0, 0.1) is 0 Å². The van der Waals surface area contributed by atoms with E-state index in [2.05, 4.69) is 23.6 Å². The maximum atomic E-state index is 12.2. The average Bonchev–Trinajstić information content (AvgIpc) is 3.11. The van der Waals surface area contributed by atoms with E-state index >= 15 is 0 Å². The van der Waals surface area contributed by atoms with E-state index in [1.165, 1.54) is 12.6 Å². The van der Waals surface area contributed by atoms with E-state index in [0.717, 1.165) is 12.2 Å². The van der Waals surface area contributed by atoms with Crippen molar-refractivity contribution in [3.05, 3.63) is 53.5 Å². The van der Waals surface area contributed by atoms with Gasteiger partial charge in [0.25, 0.3) is 5.91 Å². The molecule has 138 valence electrons. The van der Waals surface area contributed by atoms with E-state index in [9.17, 15) is 9.59 Å². The lowest BCUT2D eigenvalue weighted by atomic mass is 10.1. The summed E-state index contributed by atoms with van der Waals surface area (Å²) >= 11 is 0. The number of amides is 3. The fourth-order valence-corrected chi connectivity index (χ4v) is 2.76. The molecule has 0 atom stereocenters. The molecule has 7 heteroatoms. The Morgan fingerprint density at radius 3 is 2.73 bits per heavy atom. The molecule has 2 aromatic rings. The SMILES string of the molecule is CCc1ccccc1OC1CN(C(=O)NCc2ccc(C(=O)NC)o2)C1. The van der Waals surface area contributed by atoms with Crippen LogP contribution < -0.4 is 15.4 Å². The smallest absolute Gasteiger partial charge is 0.318 e. The number of rotatable bonds is 6. The number of nitrogens with zero attached hydrogens (tertiary/aromatic N) is 1. The molecule has 3 amide bonds. The van der Waals surface area contributed by atoms with Crippen molar-refractivity contribution >= 4 is 11.9 Å². The second kappa shape index (κ2) is 7.95. The molecule has 0 unspecified atom stereocenters. The predicted molar refractivity (Wildman–Crippen MR) is 96.1 cm³/mol. The molecule has 0 spiro atoms. The van der Waals surface area contributed by atoms with Gasteiger partial charge in [-0.1, -0.05) is 25.1 Å². The van der Waals surface area contributed by atoms with Crippen molar-refractivity contribution in [3.63, 3.8) is 0 Å². The number of urea groups is 1. The molecule has 1 aliphatic heterocycles. The van der Waals surface area contributed by atoms with Gasteiger partial charge in [0.05, 0.1) is 19.6 Å². The van der Waals surface area contributed by atoms with E-state index in [0.29, 0.717) is 18.8 Å². The van der Waals surface area contributed by atoms with Gasteiger partial charge in [0.1, 0.15) is 17.6 Å². The van der Waals surface area contributed by atoms with Gasteiger partial charge in [-0.25, -0.2) is 4.79 Å². The first kappa shape index (κ1) is 17.8. The lowest BCUT2D eigenvalue weighted by Gasteiger charge is -2.39. The van der Waals surface area contributed by atoms with Gasteiger partial charge in [-0.3, -0.25) is 4.79 Å². The zero-order valence-electron chi connectivity index (χ0n) is 15.0. The Kier molecular flexibility index (Phi) is 5.46. The van der Waals surface area contributed by atoms with Crippen LogP contribution in [0.1, 0.15) is 28.8 Å². The van der Waals surface area contributed by atoms with Crippen molar-refractivity contribution in [2.45, 2.75) is 26.0 Å². The topological polar surface area (TPSA) is 83.8 Å². The number of carbonyl (C=O) groups excluding carboxylic acids is 2. The van der Waals surface area contributed by atoms with Crippen LogP contribution >= 0.6 is 0 Å². The third-order valence-corrected chi connectivity index (χ3v) is 4.31. The minimum Gasteiger partial charge on any atom is -0.486 e. The highest BCUT2D eigenvalue weighted by Gasteiger charge is 2.32. The average molecular weight is 357 g/mol. The van der Waals surface area contributed by atoms with Gasteiger partial charge in [-0.05, 0) is 30.2 Å². The standard InChI is InChI=1S/C19H23N3O4/c1-3-13-6-4-5-7-16(13)26-15-11-22(12-15)19(24)21-10-14-8-9-17(25-14)18(23)20-2/h4-9,15H,3,10-12H2,1-2H3,(H,20,23)(H,21,24). The van der Waals surface area contributed by atoms with E-state index in [1.807, 2.05) is 18.2 Å². The van der Waals surface area contributed by atoms with Crippen LogP contribution in [0.25, 0.3) is 0 Å². The molecular formula is C19H23N3O4. The number of aryl methyl sites for hydroxylation is 1. The maximum absolute atomic E-state index is 12.2. The van der Waals surface area contributed by atoms with E-state index < -0.39 is 0 Å². The van der Waals surface area contributed by atoms with E-state index in [4.69, 9.17) is 9.15 Å². The van der Waals surface area contributed by atoms with Gasteiger partial charge in [-0.2, -0.15) is 0 Å². The molecule has 2 heterocycles. The molecule has 0 radical (unpaired) electrons. The van der Waals surface area contributed by atoms with Crippen LogP contribution in [0.4, 0.5) is 4.79 Å². The van der Waals surface area contributed by atoms with Crippen LogP contribution in [0.3, 0.4) is 0 Å². The van der Waals surface area contributed by atoms with Crippen LogP contribution in [0.15, 0.2) is 40.8 Å². The van der Waals surface area contributed by atoms with Crippen LogP contribution in [0.2, 0.25) is 0 Å². The molecule has 3 rings (SSSR count). The normalized spacial score (nSPS) is 13.8. The van der Waals surface area contributed by atoms with Crippen molar-refractivity contribution in [2.24, 2.45) is 0 Å². The lowest BCUT2D eigenvalue weighted by Crippen LogP contribution is -2.58. The molecule has 0 saturated carbocycles. The molecule has 2 N–H and O–H groups in total. The number of hydrogen-bond donors (Lipinski definition) is 2. The fraction of sp³-hybridized carbons (Fsp3) is 0.368. The number of hydrogen-bond acceptors (Lipinski definition) is 4. The monoisotopic (exact) mass is 357 g/mol. The number of likely N-dealkylation sites (tertiary alicyclic amines) is 1. The molecule has 1 aliphatic rings. The molecule has 1 saturated heterocycles. The first-order chi connectivity index (χ1) is 12.6. The van der Waals surface area contributed by atoms with Crippen molar-refractivity contribution in [1.82, 2.24) is 15.5 Å². The van der Waals surface area contributed by atoms with Gasteiger partial charge in [0, 0.05) is 7.05 Å². The highest BCUT2D eigenvalue weighted by atomic mass is 16.5. The molecule has 0 aliphatic carbocycles. The Morgan fingerprint density at radius 1 is 1.23 bits per heavy atom. The summed E-state index contributed by atoms with van der Waals surface area (Å²) in [6.07, 6.45) is 0.922. The number of para-hydroxylation sites is 1. The van der Waals surface area contributed by atoms with Crippen LogP contribution in [-0.4, -0.2) is 43.1 Å². The van der Waals surface area contributed by atoms with Crippen molar-refractivity contribution in [3.8, 4) is 5.75 Å². The van der Waals surface area contributed by atoms with E-state index in [-0.39, 0.29) is 30.3 Å². The summed E-state index contributed by atoms with van der Waals surface area (Å²) in [5.74, 6) is 1.35. The number of furan rings is 1. The third kappa shape index (κ3) is 3.99. The molecular weight excluding hydrogens is 334 g/mol. The Bertz CT molecular complexity index is 781. The minimum atomic E-state index is -0.294. The van der Waals surface area contributed by atoms with Crippen LogP contribution in [0.5, 0.6) is 5.75 Å². The number of carbonyl (C=O) groups is 2. The highest BCUT2D eigenvalue weighted by Crippen LogP contribution is 2.23. The van der Waals surface area contributed by atoms with Crippen molar-refractivity contribution in [2.75, 3.05) is 20.1 Å². The summed E-state index contributed by atoms with van der Waals surface area (Å²) in [6, 6.07) is 11.0. The lowest BCUT2D eigenvalue weighted by molar-refractivity contribution is 0.0436. The van der Waals surface area contributed by atoms with Gasteiger partial charge < -0.3 is 24.7 Å². The second-order valence-electron chi connectivity index (χ2n) is 6.11. The molecule has 0 bridgehead atoms. The zero-order valence-corrected chi connectivity index (χ0v) is 15.0. The zero-order chi connectivity index (χ0) is 18.5. The summed E-state index contributed by atoms with van der Waals surface area (Å²) < 4.78 is 11.3. The molecule has 1 aromatic heterocycles. The Labute approximate surface area is 152 Å². The highest BCUT2D eigenvalue weighted by molar-refractivity contribution is 5.91. The largest absolute Gasteiger partial charge is 0.486 e. The van der Waals surface area contributed by atoms with Gasteiger partial charge in [0.2, 0.25) is 0 Å². The number of nitrogens with one attached hydrogen (secondary N) is 2. The molecule has 7 nitrogen and oxygen atoms in total. The summed E-state index contributed by atoms with van der Waals surface area (Å²) in [5.41, 5.74) is 1.17. The number of benzene rings is 1. The Hall–Kier alpha value is -2.96. The van der Waals surface area contributed by atoms with Gasteiger partial charge in [-0.15, -0.1) is 0 Å². The summed E-state index contributed by atoms with van der Waals surface area (Å²) in [5, 5.41) is 5.27. The summed E-state index contributed by atoms with van der Waals surface area (Å²) in [6.45, 7) is 3.42. The molecule has 1 aromatic carbocycles. The van der Waals surface area contributed by atoms with Gasteiger partial charge >= 0.3 is 6.03 Å². The van der Waals surface area contributed by atoms with Crippen LogP contribution in [-0.2, 0) is 13.0 Å². The molecule has 26 heavy (non-hydrogen) atoms. The third-order valence-electron chi connectivity index (χ3n) is 4.31. The van der Waals surface area contributed by atoms with Crippen molar-refractivity contribution in [1.29, 1.82) is 0 Å². The first-order valence-corrected chi connectivity index (χ1v) is 8.68. The number of ether oxygens (including phenoxy) is 1.